The molecule has 0 amide bonds. The Morgan fingerprint density at radius 3 is 2.50 bits per heavy atom. The molecule has 1 aromatic carbocycles. The van der Waals surface area contributed by atoms with Crippen molar-refractivity contribution in [3.05, 3.63) is 53.3 Å². The summed E-state index contributed by atoms with van der Waals surface area (Å²) in [6.45, 7) is 1.96. The van der Waals surface area contributed by atoms with Crippen molar-refractivity contribution < 1.29 is 0 Å². The number of aryl methyl sites for hydroxylation is 1. The first-order valence-corrected chi connectivity index (χ1v) is 4.82. The zero-order valence-electron chi connectivity index (χ0n) is 7.87. The fraction of sp³-hybridized carbons (Fsp3) is 0.0833. The molecular weight excluding hydrogens is 194 g/mol. The average Bonchev–Trinajstić information content (AvgIpc) is 2.23. The van der Waals surface area contributed by atoms with Crippen LogP contribution in [0.4, 0.5) is 0 Å². The van der Waals surface area contributed by atoms with Gasteiger partial charge in [-0.3, -0.25) is 4.98 Å². The summed E-state index contributed by atoms with van der Waals surface area (Å²) in [5.74, 6) is 0. The summed E-state index contributed by atoms with van der Waals surface area (Å²) < 4.78 is 0. The molecule has 0 fully saturated rings. The van der Waals surface area contributed by atoms with E-state index in [-0.39, 0.29) is 0 Å². The Balaban J connectivity index is 2.58. The molecule has 0 radical (unpaired) electrons. The SMILES string of the molecule is Cc1cncc(-c2ccccc2)c1Cl. The van der Waals surface area contributed by atoms with Crippen LogP contribution in [-0.4, -0.2) is 4.98 Å². The lowest BCUT2D eigenvalue weighted by Crippen LogP contribution is -1.84. The van der Waals surface area contributed by atoms with Gasteiger partial charge in [0.25, 0.3) is 0 Å². The Kier molecular flexibility index (Phi) is 2.51. The van der Waals surface area contributed by atoms with E-state index in [4.69, 9.17) is 11.6 Å². The molecular formula is C12H10ClN. The van der Waals surface area contributed by atoms with Gasteiger partial charge in [0, 0.05) is 18.0 Å². The van der Waals surface area contributed by atoms with Gasteiger partial charge in [-0.15, -0.1) is 0 Å². The molecule has 0 aliphatic rings. The van der Waals surface area contributed by atoms with Crippen LogP contribution in [0.2, 0.25) is 5.02 Å². The summed E-state index contributed by atoms with van der Waals surface area (Å²) in [5, 5.41) is 0.784. The highest BCUT2D eigenvalue weighted by molar-refractivity contribution is 6.34. The standard InChI is InChI=1S/C12H10ClN/c1-9-7-14-8-11(12(9)13)10-5-3-2-4-6-10/h2-8H,1H3. The molecule has 2 rings (SSSR count). The molecule has 1 aromatic heterocycles. The second-order valence-electron chi connectivity index (χ2n) is 3.18. The van der Waals surface area contributed by atoms with Crippen LogP contribution in [0.25, 0.3) is 11.1 Å². The summed E-state index contributed by atoms with van der Waals surface area (Å²) >= 11 is 6.19. The normalized spacial score (nSPS) is 10.1. The number of rotatable bonds is 1. The van der Waals surface area contributed by atoms with Crippen LogP contribution in [0.1, 0.15) is 5.56 Å². The summed E-state index contributed by atoms with van der Waals surface area (Å²) in [5.41, 5.74) is 3.11. The molecule has 0 N–H and O–H groups in total. The summed E-state index contributed by atoms with van der Waals surface area (Å²) in [6, 6.07) is 10.0. The fourth-order valence-corrected chi connectivity index (χ4v) is 1.58. The maximum absolute atomic E-state index is 6.19. The first kappa shape index (κ1) is 9.22. The predicted molar refractivity (Wildman–Crippen MR) is 59.4 cm³/mol. The van der Waals surface area contributed by atoms with E-state index in [1.54, 1.807) is 12.4 Å². The van der Waals surface area contributed by atoms with Crippen LogP contribution in [0.3, 0.4) is 0 Å². The van der Waals surface area contributed by atoms with E-state index in [9.17, 15) is 0 Å². The van der Waals surface area contributed by atoms with E-state index in [0.717, 1.165) is 21.7 Å². The lowest BCUT2D eigenvalue weighted by molar-refractivity contribution is 1.27. The van der Waals surface area contributed by atoms with E-state index in [1.165, 1.54) is 0 Å². The number of hydrogen-bond acceptors (Lipinski definition) is 1. The van der Waals surface area contributed by atoms with Crippen molar-refractivity contribution in [1.29, 1.82) is 0 Å². The molecule has 0 saturated carbocycles. The molecule has 70 valence electrons. The van der Waals surface area contributed by atoms with Crippen LogP contribution >= 0.6 is 11.6 Å². The largest absolute Gasteiger partial charge is 0.264 e. The Morgan fingerprint density at radius 2 is 1.79 bits per heavy atom. The monoisotopic (exact) mass is 203 g/mol. The molecule has 14 heavy (non-hydrogen) atoms. The third-order valence-corrected chi connectivity index (χ3v) is 2.64. The molecule has 0 spiro atoms. The van der Waals surface area contributed by atoms with Gasteiger partial charge in [0.15, 0.2) is 0 Å². The maximum Gasteiger partial charge on any atom is 0.0544 e. The Labute approximate surface area is 88.4 Å². The number of benzene rings is 1. The first-order valence-electron chi connectivity index (χ1n) is 4.44. The number of hydrogen-bond donors (Lipinski definition) is 0. The fourth-order valence-electron chi connectivity index (χ4n) is 1.37. The lowest BCUT2D eigenvalue weighted by atomic mass is 10.1. The van der Waals surface area contributed by atoms with Crippen molar-refractivity contribution in [2.24, 2.45) is 0 Å². The van der Waals surface area contributed by atoms with Crippen molar-refractivity contribution >= 4 is 11.6 Å². The molecule has 2 heteroatoms. The average molecular weight is 204 g/mol. The second-order valence-corrected chi connectivity index (χ2v) is 3.56. The van der Waals surface area contributed by atoms with Gasteiger partial charge in [-0.25, -0.2) is 0 Å². The third kappa shape index (κ3) is 1.64. The quantitative estimate of drug-likeness (QED) is 0.689. The molecule has 0 atom stereocenters. The second kappa shape index (κ2) is 3.81. The van der Waals surface area contributed by atoms with Gasteiger partial charge in [-0.2, -0.15) is 0 Å². The first-order chi connectivity index (χ1) is 6.79. The van der Waals surface area contributed by atoms with Crippen molar-refractivity contribution in [2.45, 2.75) is 6.92 Å². The molecule has 1 nitrogen and oxygen atoms in total. The molecule has 1 heterocycles. The van der Waals surface area contributed by atoms with Crippen LogP contribution in [0, 0.1) is 6.92 Å². The van der Waals surface area contributed by atoms with E-state index in [2.05, 4.69) is 4.98 Å². The topological polar surface area (TPSA) is 12.9 Å². The molecule has 0 saturated heterocycles. The zero-order valence-corrected chi connectivity index (χ0v) is 8.62. The number of nitrogens with zero attached hydrogens (tertiary/aromatic N) is 1. The van der Waals surface area contributed by atoms with Crippen LogP contribution < -0.4 is 0 Å². The van der Waals surface area contributed by atoms with Gasteiger partial charge >= 0.3 is 0 Å². The highest BCUT2D eigenvalue weighted by Gasteiger charge is 2.04. The van der Waals surface area contributed by atoms with Crippen molar-refractivity contribution in [2.75, 3.05) is 0 Å². The minimum atomic E-state index is 0.784. The van der Waals surface area contributed by atoms with Gasteiger partial charge in [0.05, 0.1) is 5.02 Å². The zero-order chi connectivity index (χ0) is 9.97. The third-order valence-electron chi connectivity index (χ3n) is 2.14. The van der Waals surface area contributed by atoms with E-state index >= 15 is 0 Å². The number of halogens is 1. The van der Waals surface area contributed by atoms with Crippen LogP contribution in [0.15, 0.2) is 42.7 Å². The van der Waals surface area contributed by atoms with Gasteiger partial charge in [-0.05, 0) is 18.1 Å². The predicted octanol–water partition coefficient (Wildman–Crippen LogP) is 3.71. The minimum Gasteiger partial charge on any atom is -0.264 e. The summed E-state index contributed by atoms with van der Waals surface area (Å²) in [6.07, 6.45) is 3.57. The van der Waals surface area contributed by atoms with Gasteiger partial charge in [0.2, 0.25) is 0 Å². The Bertz CT molecular complexity index is 437. The van der Waals surface area contributed by atoms with Crippen molar-refractivity contribution in [3.63, 3.8) is 0 Å². The molecule has 2 aromatic rings. The molecule has 0 unspecified atom stereocenters. The van der Waals surface area contributed by atoms with E-state index in [1.807, 2.05) is 37.3 Å². The smallest absolute Gasteiger partial charge is 0.0544 e. The van der Waals surface area contributed by atoms with Crippen molar-refractivity contribution in [3.8, 4) is 11.1 Å². The Morgan fingerprint density at radius 1 is 1.07 bits per heavy atom. The summed E-state index contributed by atoms with van der Waals surface area (Å²) in [7, 11) is 0. The van der Waals surface area contributed by atoms with Crippen molar-refractivity contribution in [1.82, 2.24) is 4.98 Å². The highest BCUT2D eigenvalue weighted by atomic mass is 35.5. The van der Waals surface area contributed by atoms with Crippen LogP contribution in [0.5, 0.6) is 0 Å². The number of aromatic nitrogens is 1. The Hall–Kier alpha value is -1.34. The summed E-state index contributed by atoms with van der Waals surface area (Å²) in [4.78, 5) is 4.14. The molecule has 0 aliphatic carbocycles. The van der Waals surface area contributed by atoms with Gasteiger partial charge in [0.1, 0.15) is 0 Å². The molecule has 0 bridgehead atoms. The lowest BCUT2D eigenvalue weighted by Gasteiger charge is -2.05. The van der Waals surface area contributed by atoms with E-state index in [0.29, 0.717) is 0 Å². The van der Waals surface area contributed by atoms with Crippen LogP contribution in [-0.2, 0) is 0 Å². The number of pyridine rings is 1. The van der Waals surface area contributed by atoms with E-state index < -0.39 is 0 Å². The van der Waals surface area contributed by atoms with Gasteiger partial charge in [-0.1, -0.05) is 41.9 Å². The minimum absolute atomic E-state index is 0.784. The highest BCUT2D eigenvalue weighted by Crippen LogP contribution is 2.28. The van der Waals surface area contributed by atoms with Gasteiger partial charge < -0.3 is 0 Å². The maximum atomic E-state index is 6.19. The molecule has 0 aliphatic heterocycles.